The van der Waals surface area contributed by atoms with Gasteiger partial charge in [-0.3, -0.25) is 0 Å². The zero-order chi connectivity index (χ0) is 8.85. The third kappa shape index (κ3) is 2.84. The number of ether oxygens (including phenoxy) is 1. The van der Waals surface area contributed by atoms with Gasteiger partial charge in [0.15, 0.2) is 7.85 Å². The Morgan fingerprint density at radius 1 is 1.64 bits per heavy atom. The van der Waals surface area contributed by atoms with Crippen LogP contribution in [0.4, 0.5) is 0 Å². The number of hydrogen-bond acceptors (Lipinski definition) is 5. The first kappa shape index (κ1) is 9.67. The molecule has 0 fully saturated rings. The van der Waals surface area contributed by atoms with Crippen molar-refractivity contribution in [2.75, 3.05) is 6.61 Å². The molecule has 0 rings (SSSR count). The second-order valence-electron chi connectivity index (χ2n) is 1.73. The molecule has 0 aliphatic rings. The summed E-state index contributed by atoms with van der Waals surface area (Å²) in [5.41, 5.74) is -1.20. The molecule has 0 heterocycles. The molecule has 6 heteroatoms. The second kappa shape index (κ2) is 4.48. The average Bonchev–Trinajstić information content (AvgIpc) is 1.88. The Bertz CT molecular complexity index is 201. The van der Waals surface area contributed by atoms with Crippen molar-refractivity contribution in [1.29, 1.82) is 0 Å². The maximum Gasteiger partial charge on any atom is 0.363 e. The van der Waals surface area contributed by atoms with Crippen LogP contribution in [0.3, 0.4) is 0 Å². The summed E-state index contributed by atoms with van der Waals surface area (Å²) in [6, 6.07) is 0. The van der Waals surface area contributed by atoms with Crippen LogP contribution in [-0.4, -0.2) is 37.0 Å². The summed E-state index contributed by atoms with van der Waals surface area (Å²) in [5.74, 6) is -0.900. The normalized spacial score (nSPS) is 10.8. The van der Waals surface area contributed by atoms with E-state index in [1.165, 1.54) is 0 Å². The summed E-state index contributed by atoms with van der Waals surface area (Å²) in [6.45, 7) is 1.73. The van der Waals surface area contributed by atoms with Crippen LogP contribution in [0.2, 0.25) is 0 Å². The van der Waals surface area contributed by atoms with Gasteiger partial charge in [0.2, 0.25) is 5.71 Å². The number of hydrogen-bond donors (Lipinski definition) is 1. The monoisotopic (exact) mass is 157 g/mol. The summed E-state index contributed by atoms with van der Waals surface area (Å²) in [6.07, 6.45) is 0. The molecule has 0 aromatic heterocycles. The molecule has 0 radical (unpaired) electrons. The molecule has 5 nitrogen and oxygen atoms in total. The molecule has 0 saturated heterocycles. The molecule has 0 atom stereocenters. The van der Waals surface area contributed by atoms with Crippen LogP contribution in [0.5, 0.6) is 0 Å². The van der Waals surface area contributed by atoms with Crippen molar-refractivity contribution in [1.82, 2.24) is 0 Å². The van der Waals surface area contributed by atoms with Crippen LogP contribution >= 0.6 is 0 Å². The Kier molecular flexibility index (Phi) is 3.94. The molecule has 0 spiro atoms. The van der Waals surface area contributed by atoms with E-state index in [2.05, 4.69) is 9.89 Å². The van der Waals surface area contributed by atoms with E-state index in [0.717, 1.165) is 7.85 Å². The van der Waals surface area contributed by atoms with Crippen LogP contribution < -0.4 is 0 Å². The highest BCUT2D eigenvalue weighted by Gasteiger charge is 2.17. The number of rotatable bonds is 3. The molecule has 0 aliphatic carbocycles. The molecule has 0 amide bonds. The van der Waals surface area contributed by atoms with E-state index in [4.69, 9.17) is 5.21 Å². The van der Waals surface area contributed by atoms with Crippen molar-refractivity contribution in [3.05, 3.63) is 0 Å². The number of esters is 1. The second-order valence-corrected chi connectivity index (χ2v) is 1.73. The fraction of sp³-hybridized carbons (Fsp3) is 0.400. The average molecular weight is 157 g/mol. The van der Waals surface area contributed by atoms with E-state index in [-0.39, 0.29) is 6.61 Å². The minimum Gasteiger partial charge on any atom is -0.461 e. The number of nitrogens with zero attached hydrogens (tertiary/aromatic N) is 1. The van der Waals surface area contributed by atoms with Gasteiger partial charge >= 0.3 is 5.97 Å². The van der Waals surface area contributed by atoms with E-state index in [9.17, 15) is 9.59 Å². The molecule has 0 aromatic carbocycles. The van der Waals surface area contributed by atoms with E-state index in [0.29, 0.717) is 0 Å². The highest BCUT2D eigenvalue weighted by atomic mass is 16.5. The fourth-order valence-electron chi connectivity index (χ4n) is 0.454. The van der Waals surface area contributed by atoms with Crippen molar-refractivity contribution in [3.8, 4) is 0 Å². The number of oxime groups is 1. The third-order valence-electron chi connectivity index (χ3n) is 0.902. The summed E-state index contributed by atoms with van der Waals surface area (Å²) in [7, 11) is 1.12. The van der Waals surface area contributed by atoms with Crippen LogP contribution in [0.25, 0.3) is 0 Å². The molecule has 0 saturated carbocycles. The lowest BCUT2D eigenvalue weighted by Gasteiger charge is -1.98. The largest absolute Gasteiger partial charge is 0.461 e. The molecule has 11 heavy (non-hydrogen) atoms. The standard InChI is InChI=1S/C5H8BNO4/c1-2-11-5(9)3(7-10)4(6)8/h10H,2,6H2,1H3/b7-3-. The molecular formula is C5H8BNO4. The lowest BCUT2D eigenvalue weighted by Crippen LogP contribution is -2.26. The van der Waals surface area contributed by atoms with Crippen molar-refractivity contribution in [2.45, 2.75) is 6.92 Å². The third-order valence-corrected chi connectivity index (χ3v) is 0.902. The molecule has 60 valence electrons. The lowest BCUT2D eigenvalue weighted by molar-refractivity contribution is -0.135. The van der Waals surface area contributed by atoms with Crippen molar-refractivity contribution >= 4 is 25.2 Å². The van der Waals surface area contributed by atoms with Gasteiger partial charge in [-0.2, -0.15) is 0 Å². The molecule has 0 bridgehead atoms. The zero-order valence-electron chi connectivity index (χ0n) is 6.33. The van der Waals surface area contributed by atoms with E-state index >= 15 is 0 Å². The number of carbonyl (C=O) groups excluding carboxylic acids is 2. The minimum atomic E-state index is -0.900. The predicted octanol–water partition coefficient (Wildman–Crippen LogP) is -1.46. The summed E-state index contributed by atoms with van der Waals surface area (Å²) < 4.78 is 4.41. The lowest BCUT2D eigenvalue weighted by atomic mass is 9.98. The van der Waals surface area contributed by atoms with E-state index in [1.807, 2.05) is 0 Å². The summed E-state index contributed by atoms with van der Waals surface area (Å²) in [5, 5.41) is 10.7. The highest BCUT2D eigenvalue weighted by molar-refractivity contribution is 6.87. The van der Waals surface area contributed by atoms with Gasteiger partial charge < -0.3 is 14.7 Å². The van der Waals surface area contributed by atoms with Gasteiger partial charge in [-0.15, -0.1) is 0 Å². The predicted molar refractivity (Wildman–Crippen MR) is 39.4 cm³/mol. The Morgan fingerprint density at radius 2 is 2.18 bits per heavy atom. The van der Waals surface area contributed by atoms with E-state index in [1.54, 1.807) is 6.92 Å². The first-order valence-electron chi connectivity index (χ1n) is 3.03. The Hall–Kier alpha value is -1.33. The van der Waals surface area contributed by atoms with E-state index < -0.39 is 17.4 Å². The smallest absolute Gasteiger partial charge is 0.363 e. The molecule has 0 aromatic rings. The SMILES string of the molecule is BC(=O)/C(=N/O)C(=O)OCC. The van der Waals surface area contributed by atoms with Crippen LogP contribution in [0, 0.1) is 0 Å². The molecule has 0 aliphatic heterocycles. The van der Waals surface area contributed by atoms with Crippen LogP contribution in [0.15, 0.2) is 5.16 Å². The van der Waals surface area contributed by atoms with Gasteiger partial charge in [0.1, 0.15) is 5.68 Å². The summed E-state index contributed by atoms with van der Waals surface area (Å²) >= 11 is 0. The van der Waals surface area contributed by atoms with Gasteiger partial charge in [-0.1, -0.05) is 5.16 Å². The zero-order valence-corrected chi connectivity index (χ0v) is 6.33. The quantitative estimate of drug-likeness (QED) is 0.135. The van der Waals surface area contributed by atoms with Gasteiger partial charge in [-0.05, 0) is 6.92 Å². The summed E-state index contributed by atoms with van der Waals surface area (Å²) in [4.78, 5) is 21.2. The number of carbonyl (C=O) groups is 2. The fourth-order valence-corrected chi connectivity index (χ4v) is 0.454. The molecule has 0 unspecified atom stereocenters. The van der Waals surface area contributed by atoms with Gasteiger partial charge in [0, 0.05) is 0 Å². The maximum atomic E-state index is 10.7. The van der Waals surface area contributed by atoms with Crippen molar-refractivity contribution < 1.29 is 19.5 Å². The highest BCUT2D eigenvalue weighted by Crippen LogP contribution is 1.84. The first-order valence-corrected chi connectivity index (χ1v) is 3.03. The Labute approximate surface area is 64.4 Å². The maximum absolute atomic E-state index is 10.7. The Balaban J connectivity index is 4.29. The van der Waals surface area contributed by atoms with Crippen LogP contribution in [0.1, 0.15) is 6.92 Å². The van der Waals surface area contributed by atoms with Gasteiger partial charge in [0.25, 0.3) is 0 Å². The van der Waals surface area contributed by atoms with Crippen molar-refractivity contribution in [2.24, 2.45) is 5.16 Å². The Morgan fingerprint density at radius 3 is 2.45 bits per heavy atom. The first-order chi connectivity index (χ1) is 5.13. The molecule has 1 N–H and O–H groups in total. The van der Waals surface area contributed by atoms with Gasteiger partial charge in [0.05, 0.1) is 6.61 Å². The minimum absolute atomic E-state index is 0.144. The topological polar surface area (TPSA) is 76.0 Å². The van der Waals surface area contributed by atoms with Crippen molar-refractivity contribution in [3.63, 3.8) is 0 Å². The van der Waals surface area contributed by atoms with Gasteiger partial charge in [-0.25, -0.2) is 4.79 Å². The van der Waals surface area contributed by atoms with Crippen LogP contribution in [-0.2, 0) is 14.3 Å². The molecular weight excluding hydrogens is 149 g/mol.